The van der Waals surface area contributed by atoms with Gasteiger partial charge in [0.1, 0.15) is 0 Å². The summed E-state index contributed by atoms with van der Waals surface area (Å²) in [5, 5.41) is 3.17. The molecule has 0 atom stereocenters. The number of hydrogen-bond acceptors (Lipinski definition) is 3. The van der Waals surface area contributed by atoms with Crippen LogP contribution in [0.2, 0.25) is 0 Å². The van der Waals surface area contributed by atoms with E-state index in [-0.39, 0.29) is 5.56 Å². The van der Waals surface area contributed by atoms with E-state index in [1.165, 1.54) is 0 Å². The molecule has 0 spiro atoms. The Labute approximate surface area is 112 Å². The number of benzene rings is 1. The molecule has 1 aromatic carbocycles. The highest BCUT2D eigenvalue weighted by molar-refractivity contribution is 5.57. The predicted molar refractivity (Wildman–Crippen MR) is 78.1 cm³/mol. The molecule has 2 rings (SSSR count). The van der Waals surface area contributed by atoms with Gasteiger partial charge in [-0.15, -0.1) is 0 Å². The molecule has 1 heterocycles. The number of para-hydroxylation sites is 1. The lowest BCUT2D eigenvalue weighted by Crippen LogP contribution is -2.17. The monoisotopic (exact) mass is 257 g/mol. The molecule has 0 fully saturated rings. The van der Waals surface area contributed by atoms with Crippen molar-refractivity contribution >= 4 is 11.6 Å². The average Bonchev–Trinajstić information content (AvgIpc) is 2.38. The molecular weight excluding hydrogens is 238 g/mol. The van der Waals surface area contributed by atoms with Crippen molar-refractivity contribution in [2.45, 2.75) is 33.6 Å². The first-order chi connectivity index (χ1) is 9.11. The molecule has 0 radical (unpaired) electrons. The number of hydrogen-bond donors (Lipinski definition) is 2. The van der Waals surface area contributed by atoms with E-state index < -0.39 is 0 Å². The Balaban J connectivity index is 2.36. The van der Waals surface area contributed by atoms with E-state index in [2.05, 4.69) is 22.2 Å². The largest absolute Gasteiger partial charge is 0.329 e. The smallest absolute Gasteiger partial charge is 0.277 e. The van der Waals surface area contributed by atoms with Gasteiger partial charge in [-0.05, 0) is 31.9 Å². The van der Waals surface area contributed by atoms with Gasteiger partial charge >= 0.3 is 0 Å². The molecule has 19 heavy (non-hydrogen) atoms. The molecule has 100 valence electrons. The van der Waals surface area contributed by atoms with E-state index in [1.807, 2.05) is 38.1 Å². The van der Waals surface area contributed by atoms with E-state index >= 15 is 0 Å². The Bertz CT molecular complexity index is 632. The quantitative estimate of drug-likeness (QED) is 0.885. The lowest BCUT2D eigenvalue weighted by molar-refractivity contribution is 0.854. The molecule has 2 aromatic rings. The summed E-state index contributed by atoms with van der Waals surface area (Å²) in [5.41, 5.74) is 3.56. The molecule has 0 aliphatic heterocycles. The fourth-order valence-corrected chi connectivity index (χ4v) is 1.98. The summed E-state index contributed by atoms with van der Waals surface area (Å²) in [5.74, 6) is 0.508. The first-order valence-corrected chi connectivity index (χ1v) is 6.54. The van der Waals surface area contributed by atoms with Crippen LogP contribution >= 0.6 is 0 Å². The summed E-state index contributed by atoms with van der Waals surface area (Å²) in [6.07, 6.45) is 1.84. The SMILES string of the molecule is CCCc1[nH]c(Nc2ccccc2C)nc(=O)c1C. The van der Waals surface area contributed by atoms with Crippen molar-refractivity contribution in [3.63, 3.8) is 0 Å². The molecule has 0 saturated heterocycles. The van der Waals surface area contributed by atoms with Gasteiger partial charge in [-0.25, -0.2) is 0 Å². The lowest BCUT2D eigenvalue weighted by atomic mass is 10.1. The molecule has 0 amide bonds. The van der Waals surface area contributed by atoms with Crippen LogP contribution in [0, 0.1) is 13.8 Å². The van der Waals surface area contributed by atoms with Gasteiger partial charge in [0, 0.05) is 16.9 Å². The highest BCUT2D eigenvalue weighted by atomic mass is 16.1. The molecule has 0 unspecified atom stereocenters. The Hall–Kier alpha value is -2.10. The molecular formula is C15H19N3O. The van der Waals surface area contributed by atoms with Gasteiger partial charge in [0.15, 0.2) is 0 Å². The van der Waals surface area contributed by atoms with Gasteiger partial charge in [-0.3, -0.25) is 4.79 Å². The van der Waals surface area contributed by atoms with Crippen molar-refractivity contribution in [1.29, 1.82) is 0 Å². The normalized spacial score (nSPS) is 10.5. The van der Waals surface area contributed by atoms with Crippen LogP contribution in [0.25, 0.3) is 0 Å². The molecule has 4 heteroatoms. The second kappa shape index (κ2) is 5.69. The van der Waals surface area contributed by atoms with Crippen molar-refractivity contribution in [1.82, 2.24) is 9.97 Å². The van der Waals surface area contributed by atoms with Gasteiger partial charge in [0.25, 0.3) is 5.56 Å². The summed E-state index contributed by atoms with van der Waals surface area (Å²) in [6.45, 7) is 5.92. The Morgan fingerprint density at radius 1 is 1.26 bits per heavy atom. The minimum absolute atomic E-state index is 0.168. The molecule has 0 aliphatic carbocycles. The van der Waals surface area contributed by atoms with E-state index in [0.29, 0.717) is 11.5 Å². The number of aryl methyl sites for hydroxylation is 2. The summed E-state index contributed by atoms with van der Waals surface area (Å²) >= 11 is 0. The van der Waals surface area contributed by atoms with E-state index in [1.54, 1.807) is 0 Å². The van der Waals surface area contributed by atoms with Crippen molar-refractivity contribution in [2.24, 2.45) is 0 Å². The number of nitrogens with one attached hydrogen (secondary N) is 2. The number of aromatic amines is 1. The van der Waals surface area contributed by atoms with Crippen molar-refractivity contribution in [3.8, 4) is 0 Å². The summed E-state index contributed by atoms with van der Waals surface area (Å²) in [6, 6.07) is 7.92. The zero-order valence-electron chi connectivity index (χ0n) is 11.6. The van der Waals surface area contributed by atoms with E-state index in [4.69, 9.17) is 0 Å². The van der Waals surface area contributed by atoms with Crippen LogP contribution in [0.5, 0.6) is 0 Å². The van der Waals surface area contributed by atoms with Crippen molar-refractivity contribution in [3.05, 3.63) is 51.4 Å². The molecule has 0 aliphatic rings. The molecule has 0 bridgehead atoms. The number of H-pyrrole nitrogens is 1. The first-order valence-electron chi connectivity index (χ1n) is 6.54. The van der Waals surface area contributed by atoms with Crippen molar-refractivity contribution < 1.29 is 0 Å². The van der Waals surface area contributed by atoms with Crippen LogP contribution in [0.1, 0.15) is 30.2 Å². The number of nitrogens with zero attached hydrogens (tertiary/aromatic N) is 1. The number of aromatic nitrogens is 2. The van der Waals surface area contributed by atoms with Crippen LogP contribution in [-0.2, 0) is 6.42 Å². The second-order valence-corrected chi connectivity index (χ2v) is 4.68. The van der Waals surface area contributed by atoms with Crippen LogP contribution in [0.3, 0.4) is 0 Å². The number of anilines is 2. The second-order valence-electron chi connectivity index (χ2n) is 4.68. The maximum absolute atomic E-state index is 11.8. The first kappa shape index (κ1) is 13.3. The topological polar surface area (TPSA) is 57.8 Å². The highest BCUT2D eigenvalue weighted by Gasteiger charge is 2.07. The molecule has 2 N–H and O–H groups in total. The van der Waals surface area contributed by atoms with E-state index in [9.17, 15) is 4.79 Å². The molecule has 1 aromatic heterocycles. The third-order valence-electron chi connectivity index (χ3n) is 3.15. The minimum atomic E-state index is -0.168. The third kappa shape index (κ3) is 3.02. The van der Waals surface area contributed by atoms with Gasteiger partial charge in [0.05, 0.1) is 0 Å². The molecule has 4 nitrogen and oxygen atoms in total. The highest BCUT2D eigenvalue weighted by Crippen LogP contribution is 2.17. The fraction of sp³-hybridized carbons (Fsp3) is 0.333. The van der Waals surface area contributed by atoms with Gasteiger partial charge in [-0.2, -0.15) is 4.98 Å². The lowest BCUT2D eigenvalue weighted by Gasteiger charge is -2.11. The maximum atomic E-state index is 11.8. The number of rotatable bonds is 4. The van der Waals surface area contributed by atoms with Gasteiger partial charge in [0.2, 0.25) is 5.95 Å². The van der Waals surface area contributed by atoms with E-state index in [0.717, 1.165) is 29.8 Å². The maximum Gasteiger partial charge on any atom is 0.277 e. The third-order valence-corrected chi connectivity index (χ3v) is 3.15. The standard InChI is InChI=1S/C15H19N3O/c1-4-7-13-11(3)14(19)18-15(17-13)16-12-9-6-5-8-10(12)2/h5-6,8-9H,4,7H2,1-3H3,(H2,16,17,18,19). The Morgan fingerprint density at radius 3 is 2.68 bits per heavy atom. The Kier molecular flexibility index (Phi) is 4.00. The summed E-state index contributed by atoms with van der Waals surface area (Å²) in [7, 11) is 0. The van der Waals surface area contributed by atoms with Crippen LogP contribution in [0.4, 0.5) is 11.6 Å². The minimum Gasteiger partial charge on any atom is -0.329 e. The van der Waals surface area contributed by atoms with Crippen LogP contribution < -0.4 is 10.9 Å². The predicted octanol–water partition coefficient (Wildman–Crippen LogP) is 3.08. The van der Waals surface area contributed by atoms with Crippen LogP contribution in [0.15, 0.2) is 29.1 Å². The average molecular weight is 257 g/mol. The van der Waals surface area contributed by atoms with Gasteiger partial charge in [-0.1, -0.05) is 31.5 Å². The zero-order valence-corrected chi connectivity index (χ0v) is 11.6. The van der Waals surface area contributed by atoms with Gasteiger partial charge < -0.3 is 10.3 Å². The van der Waals surface area contributed by atoms with Crippen LogP contribution in [-0.4, -0.2) is 9.97 Å². The Morgan fingerprint density at radius 2 is 2.00 bits per heavy atom. The zero-order chi connectivity index (χ0) is 13.8. The summed E-state index contributed by atoms with van der Waals surface area (Å²) in [4.78, 5) is 19.1. The fourth-order valence-electron chi connectivity index (χ4n) is 1.98. The molecule has 0 saturated carbocycles. The van der Waals surface area contributed by atoms with Crippen molar-refractivity contribution in [2.75, 3.05) is 5.32 Å². The summed E-state index contributed by atoms with van der Waals surface area (Å²) < 4.78 is 0.